The lowest BCUT2D eigenvalue weighted by atomic mass is 10.2. The van der Waals surface area contributed by atoms with Gasteiger partial charge in [-0.3, -0.25) is 0 Å². The molecule has 1 heterocycles. The molecular formula is C11H20N4. The monoisotopic (exact) mass is 208 g/mol. The second kappa shape index (κ2) is 6.22. The molecule has 4 heteroatoms. The molecule has 0 amide bonds. The van der Waals surface area contributed by atoms with E-state index in [-0.39, 0.29) is 0 Å². The molecule has 0 saturated heterocycles. The molecule has 2 N–H and O–H groups in total. The van der Waals surface area contributed by atoms with Crippen molar-refractivity contribution in [3.63, 3.8) is 0 Å². The number of aromatic nitrogens is 2. The lowest BCUT2D eigenvalue weighted by Gasteiger charge is -2.09. The van der Waals surface area contributed by atoms with Crippen LogP contribution in [0, 0.1) is 6.92 Å². The van der Waals surface area contributed by atoms with Crippen LogP contribution in [-0.2, 0) is 0 Å². The van der Waals surface area contributed by atoms with E-state index in [0.717, 1.165) is 17.9 Å². The highest BCUT2D eigenvalue weighted by Crippen LogP contribution is 2.12. The first-order chi connectivity index (χ1) is 7.27. The van der Waals surface area contributed by atoms with E-state index in [1.807, 2.05) is 20.2 Å². The topological polar surface area (TPSA) is 49.8 Å². The second-order valence-electron chi connectivity index (χ2n) is 3.61. The van der Waals surface area contributed by atoms with Crippen molar-refractivity contribution in [1.29, 1.82) is 0 Å². The number of unbranched alkanes of at least 4 members (excludes halogenated alkanes) is 2. The minimum Gasteiger partial charge on any atom is -0.370 e. The van der Waals surface area contributed by atoms with Crippen LogP contribution in [0.3, 0.4) is 0 Å². The lowest BCUT2D eigenvalue weighted by Crippen LogP contribution is -2.07. The summed E-state index contributed by atoms with van der Waals surface area (Å²) in [6.45, 7) is 5.20. The smallest absolute Gasteiger partial charge is 0.224 e. The average molecular weight is 208 g/mol. The van der Waals surface area contributed by atoms with Gasteiger partial charge in [-0.25, -0.2) is 4.98 Å². The summed E-state index contributed by atoms with van der Waals surface area (Å²) in [6, 6.07) is 0. The fourth-order valence-corrected chi connectivity index (χ4v) is 1.32. The minimum atomic E-state index is 0.665. The first-order valence-electron chi connectivity index (χ1n) is 5.53. The van der Waals surface area contributed by atoms with E-state index in [1.165, 1.54) is 19.3 Å². The summed E-state index contributed by atoms with van der Waals surface area (Å²) in [7, 11) is 1.82. The third-order valence-corrected chi connectivity index (χ3v) is 2.27. The molecule has 4 nitrogen and oxygen atoms in total. The Kier molecular flexibility index (Phi) is 4.87. The van der Waals surface area contributed by atoms with Gasteiger partial charge in [-0.2, -0.15) is 4.98 Å². The lowest BCUT2D eigenvalue weighted by molar-refractivity contribution is 0.742. The maximum Gasteiger partial charge on any atom is 0.224 e. The van der Waals surface area contributed by atoms with Crippen LogP contribution in [0.5, 0.6) is 0 Å². The van der Waals surface area contributed by atoms with Gasteiger partial charge in [0.05, 0.1) is 0 Å². The molecule has 0 aromatic carbocycles. The zero-order chi connectivity index (χ0) is 11.1. The van der Waals surface area contributed by atoms with Crippen LogP contribution in [0.1, 0.15) is 31.7 Å². The Hall–Kier alpha value is -1.32. The van der Waals surface area contributed by atoms with E-state index in [0.29, 0.717) is 5.95 Å². The molecule has 0 atom stereocenters. The van der Waals surface area contributed by atoms with Crippen molar-refractivity contribution in [2.24, 2.45) is 0 Å². The molecule has 0 aliphatic carbocycles. The minimum absolute atomic E-state index is 0.665. The van der Waals surface area contributed by atoms with Crippen molar-refractivity contribution < 1.29 is 0 Å². The van der Waals surface area contributed by atoms with Crippen molar-refractivity contribution >= 4 is 11.8 Å². The molecule has 0 unspecified atom stereocenters. The molecule has 1 aromatic rings. The zero-order valence-electron chi connectivity index (χ0n) is 9.80. The zero-order valence-corrected chi connectivity index (χ0v) is 9.80. The highest BCUT2D eigenvalue weighted by molar-refractivity contribution is 5.46. The van der Waals surface area contributed by atoms with E-state index in [1.54, 1.807) is 0 Å². The van der Waals surface area contributed by atoms with E-state index in [4.69, 9.17) is 0 Å². The Morgan fingerprint density at radius 1 is 1.33 bits per heavy atom. The summed E-state index contributed by atoms with van der Waals surface area (Å²) in [4.78, 5) is 8.49. The van der Waals surface area contributed by atoms with Crippen LogP contribution in [0.25, 0.3) is 0 Å². The van der Waals surface area contributed by atoms with Gasteiger partial charge in [0.1, 0.15) is 5.82 Å². The molecule has 15 heavy (non-hydrogen) atoms. The molecule has 0 saturated carbocycles. The van der Waals surface area contributed by atoms with Gasteiger partial charge in [-0.1, -0.05) is 19.8 Å². The van der Waals surface area contributed by atoms with Gasteiger partial charge in [0.15, 0.2) is 0 Å². The molecule has 1 rings (SSSR count). The van der Waals surface area contributed by atoms with E-state index < -0.39 is 0 Å². The van der Waals surface area contributed by atoms with E-state index in [2.05, 4.69) is 27.5 Å². The van der Waals surface area contributed by atoms with Crippen LogP contribution in [0.2, 0.25) is 0 Å². The molecule has 1 aromatic heterocycles. The summed E-state index contributed by atoms with van der Waals surface area (Å²) >= 11 is 0. The van der Waals surface area contributed by atoms with Gasteiger partial charge in [0, 0.05) is 25.4 Å². The number of anilines is 2. The van der Waals surface area contributed by atoms with Gasteiger partial charge in [0.25, 0.3) is 0 Å². The Bertz CT molecular complexity index is 299. The Balaban J connectivity index is 2.51. The van der Waals surface area contributed by atoms with Crippen LogP contribution >= 0.6 is 0 Å². The Morgan fingerprint density at radius 2 is 2.13 bits per heavy atom. The van der Waals surface area contributed by atoms with Gasteiger partial charge in [-0.15, -0.1) is 0 Å². The first-order valence-corrected chi connectivity index (χ1v) is 5.53. The van der Waals surface area contributed by atoms with Crippen LogP contribution in [0.15, 0.2) is 6.20 Å². The number of hydrogen-bond donors (Lipinski definition) is 2. The SMILES string of the molecule is CCCCCNc1nc(NC)ncc1C. The number of hydrogen-bond acceptors (Lipinski definition) is 4. The predicted molar refractivity (Wildman–Crippen MR) is 64.3 cm³/mol. The van der Waals surface area contributed by atoms with Crippen molar-refractivity contribution in [3.05, 3.63) is 11.8 Å². The summed E-state index contributed by atoms with van der Waals surface area (Å²) in [6.07, 6.45) is 5.53. The van der Waals surface area contributed by atoms with Crippen molar-refractivity contribution in [2.75, 3.05) is 24.2 Å². The summed E-state index contributed by atoms with van der Waals surface area (Å²) < 4.78 is 0. The fraction of sp³-hybridized carbons (Fsp3) is 0.636. The quantitative estimate of drug-likeness (QED) is 0.705. The number of rotatable bonds is 6. The van der Waals surface area contributed by atoms with Crippen molar-refractivity contribution in [1.82, 2.24) is 9.97 Å². The van der Waals surface area contributed by atoms with Gasteiger partial charge >= 0.3 is 0 Å². The average Bonchev–Trinajstić information content (AvgIpc) is 2.26. The standard InChI is InChI=1S/C11H20N4/c1-4-5-6-7-13-10-9(2)8-14-11(12-3)15-10/h8H,4-7H2,1-3H3,(H2,12,13,14,15). The molecule has 0 aliphatic rings. The highest BCUT2D eigenvalue weighted by atomic mass is 15.1. The van der Waals surface area contributed by atoms with Crippen LogP contribution < -0.4 is 10.6 Å². The van der Waals surface area contributed by atoms with E-state index >= 15 is 0 Å². The molecule has 0 spiro atoms. The second-order valence-corrected chi connectivity index (χ2v) is 3.61. The first kappa shape index (κ1) is 11.8. The number of nitrogens with one attached hydrogen (secondary N) is 2. The van der Waals surface area contributed by atoms with Gasteiger partial charge in [-0.05, 0) is 13.3 Å². The highest BCUT2D eigenvalue weighted by Gasteiger charge is 2.01. The summed E-state index contributed by atoms with van der Waals surface area (Å²) in [5.74, 6) is 1.60. The Labute approximate surface area is 91.5 Å². The van der Waals surface area contributed by atoms with Crippen molar-refractivity contribution in [3.8, 4) is 0 Å². The van der Waals surface area contributed by atoms with Gasteiger partial charge < -0.3 is 10.6 Å². The van der Waals surface area contributed by atoms with Crippen LogP contribution in [-0.4, -0.2) is 23.6 Å². The number of nitrogens with zero attached hydrogens (tertiary/aromatic N) is 2. The van der Waals surface area contributed by atoms with Crippen molar-refractivity contribution in [2.45, 2.75) is 33.1 Å². The maximum atomic E-state index is 4.36. The fourth-order valence-electron chi connectivity index (χ4n) is 1.32. The molecule has 0 bridgehead atoms. The maximum absolute atomic E-state index is 4.36. The third kappa shape index (κ3) is 3.73. The largest absolute Gasteiger partial charge is 0.370 e. The van der Waals surface area contributed by atoms with Gasteiger partial charge in [0.2, 0.25) is 5.95 Å². The Morgan fingerprint density at radius 3 is 2.80 bits per heavy atom. The summed E-state index contributed by atoms with van der Waals surface area (Å²) in [5.41, 5.74) is 1.09. The summed E-state index contributed by atoms with van der Waals surface area (Å²) in [5, 5.41) is 6.27. The normalized spacial score (nSPS) is 10.1. The molecule has 0 aliphatic heterocycles. The third-order valence-electron chi connectivity index (χ3n) is 2.27. The van der Waals surface area contributed by atoms with Crippen LogP contribution in [0.4, 0.5) is 11.8 Å². The number of aryl methyl sites for hydroxylation is 1. The van der Waals surface area contributed by atoms with E-state index in [9.17, 15) is 0 Å². The molecule has 0 fully saturated rings. The molecule has 84 valence electrons. The molecule has 0 radical (unpaired) electrons. The molecular weight excluding hydrogens is 188 g/mol. The predicted octanol–water partition coefficient (Wildman–Crippen LogP) is 2.43.